The normalized spacial score (nSPS) is 19.3. The number of benzene rings is 2. The summed E-state index contributed by atoms with van der Waals surface area (Å²) in [5.74, 6) is -0.0599. The summed E-state index contributed by atoms with van der Waals surface area (Å²) >= 11 is 0. The van der Waals surface area contributed by atoms with E-state index in [9.17, 15) is 23.3 Å². The van der Waals surface area contributed by atoms with Crippen LogP contribution in [0.3, 0.4) is 0 Å². The number of anilines is 1. The minimum Gasteiger partial charge on any atom is -0.337 e. The van der Waals surface area contributed by atoms with Crippen LogP contribution >= 0.6 is 0 Å². The van der Waals surface area contributed by atoms with Crippen molar-refractivity contribution in [3.63, 3.8) is 0 Å². The quantitative estimate of drug-likeness (QED) is 0.526. The molecule has 0 aliphatic carbocycles. The summed E-state index contributed by atoms with van der Waals surface area (Å²) in [6, 6.07) is 10.4. The van der Waals surface area contributed by atoms with Crippen LogP contribution in [-0.2, 0) is 10.0 Å². The molecule has 0 saturated carbocycles. The molecule has 2 aromatic carbocycles. The van der Waals surface area contributed by atoms with Gasteiger partial charge in [0.1, 0.15) is 0 Å². The summed E-state index contributed by atoms with van der Waals surface area (Å²) < 4.78 is 27.7. The van der Waals surface area contributed by atoms with Gasteiger partial charge in [-0.3, -0.25) is 24.5 Å². The number of nitro groups is 1. The van der Waals surface area contributed by atoms with E-state index in [1.165, 1.54) is 37.1 Å². The van der Waals surface area contributed by atoms with Crippen LogP contribution in [0.25, 0.3) is 0 Å². The molecule has 9 nitrogen and oxygen atoms in total. The number of hydrogen-bond donors (Lipinski definition) is 1. The van der Waals surface area contributed by atoms with Crippen molar-refractivity contribution in [1.29, 1.82) is 0 Å². The van der Waals surface area contributed by atoms with Crippen molar-refractivity contribution < 1.29 is 18.1 Å². The summed E-state index contributed by atoms with van der Waals surface area (Å²) in [4.78, 5) is 27.5. The lowest BCUT2D eigenvalue weighted by Crippen LogP contribution is -2.37. The number of sulfonamides is 1. The fourth-order valence-corrected chi connectivity index (χ4v) is 5.44. The van der Waals surface area contributed by atoms with Crippen LogP contribution in [0.5, 0.6) is 0 Å². The molecule has 170 valence electrons. The molecule has 2 aliphatic rings. The zero-order chi connectivity index (χ0) is 22.9. The van der Waals surface area contributed by atoms with E-state index in [1.807, 2.05) is 4.90 Å². The standard InChI is InChI=1S/C22H26N4O5S/c1-16-4-9-20(14-21(16)26(28)29)32(30,31)23-18-7-5-17(6-8-18)22(27)25-13-10-19(15-25)24-11-2-3-12-24/h4-9,14,19,23H,2-3,10-13,15H2,1H3. The van der Waals surface area contributed by atoms with Crippen molar-refractivity contribution in [3.8, 4) is 0 Å². The molecule has 2 saturated heterocycles. The summed E-state index contributed by atoms with van der Waals surface area (Å²) in [6.07, 6.45) is 3.42. The zero-order valence-corrected chi connectivity index (χ0v) is 18.7. The Morgan fingerprint density at radius 3 is 2.44 bits per heavy atom. The van der Waals surface area contributed by atoms with Gasteiger partial charge in [-0.05, 0) is 69.6 Å². The van der Waals surface area contributed by atoms with Gasteiger partial charge in [0.05, 0.1) is 9.82 Å². The Labute approximate surface area is 187 Å². The first-order valence-electron chi connectivity index (χ1n) is 10.7. The van der Waals surface area contributed by atoms with Gasteiger partial charge in [0, 0.05) is 42.0 Å². The second-order valence-corrected chi connectivity index (χ2v) is 10.0. The van der Waals surface area contributed by atoms with E-state index >= 15 is 0 Å². The summed E-state index contributed by atoms with van der Waals surface area (Å²) in [5, 5.41) is 11.1. The third-order valence-corrected chi connectivity index (χ3v) is 7.56. The Bertz CT molecular complexity index is 1130. The van der Waals surface area contributed by atoms with Crippen molar-refractivity contribution in [3.05, 3.63) is 63.7 Å². The summed E-state index contributed by atoms with van der Waals surface area (Å²) in [5.41, 5.74) is 0.902. The predicted octanol–water partition coefficient (Wildman–Crippen LogP) is 3.01. The van der Waals surface area contributed by atoms with E-state index in [-0.39, 0.29) is 22.2 Å². The maximum absolute atomic E-state index is 12.9. The fraction of sp³-hybridized carbons (Fsp3) is 0.409. The lowest BCUT2D eigenvalue weighted by Gasteiger charge is -2.23. The fourth-order valence-electron chi connectivity index (χ4n) is 4.36. The van der Waals surface area contributed by atoms with Crippen molar-refractivity contribution >= 4 is 27.3 Å². The second-order valence-electron chi connectivity index (χ2n) is 8.32. The van der Waals surface area contributed by atoms with Gasteiger partial charge in [0.15, 0.2) is 0 Å². The summed E-state index contributed by atoms with van der Waals surface area (Å²) in [7, 11) is -4.01. The Hall–Kier alpha value is -2.98. The average Bonchev–Trinajstić information content (AvgIpc) is 3.45. The van der Waals surface area contributed by atoms with E-state index in [1.54, 1.807) is 19.1 Å². The molecule has 1 N–H and O–H groups in total. The lowest BCUT2D eigenvalue weighted by atomic mass is 10.2. The number of amides is 1. The first-order chi connectivity index (χ1) is 15.2. The molecule has 10 heteroatoms. The first-order valence-corrected chi connectivity index (χ1v) is 12.1. The number of aryl methyl sites for hydroxylation is 1. The number of hydrogen-bond acceptors (Lipinski definition) is 6. The molecule has 0 radical (unpaired) electrons. The Morgan fingerprint density at radius 1 is 1.09 bits per heavy atom. The van der Waals surface area contributed by atoms with Gasteiger partial charge in [-0.1, -0.05) is 6.07 Å². The molecular formula is C22H26N4O5S. The molecule has 2 fully saturated rings. The number of rotatable bonds is 6. The molecule has 0 bridgehead atoms. The number of carbonyl (C=O) groups is 1. The number of nitro benzene ring substituents is 1. The third-order valence-electron chi connectivity index (χ3n) is 6.18. The number of nitrogens with one attached hydrogen (secondary N) is 1. The molecule has 2 heterocycles. The van der Waals surface area contributed by atoms with Crippen LogP contribution in [0, 0.1) is 17.0 Å². The Kier molecular flexibility index (Phi) is 6.16. The Morgan fingerprint density at radius 2 is 1.78 bits per heavy atom. The molecule has 32 heavy (non-hydrogen) atoms. The van der Waals surface area contributed by atoms with Crippen molar-refractivity contribution in [2.24, 2.45) is 0 Å². The van der Waals surface area contributed by atoms with Crippen molar-refractivity contribution in [2.75, 3.05) is 30.9 Å². The highest BCUT2D eigenvalue weighted by Gasteiger charge is 2.32. The maximum atomic E-state index is 12.9. The van der Waals surface area contributed by atoms with Crippen LogP contribution in [-0.4, -0.2) is 61.3 Å². The average molecular weight is 459 g/mol. The van der Waals surface area contributed by atoms with Crippen LogP contribution in [0.2, 0.25) is 0 Å². The van der Waals surface area contributed by atoms with Gasteiger partial charge in [-0.15, -0.1) is 0 Å². The molecule has 1 atom stereocenters. The third kappa shape index (κ3) is 4.61. The molecule has 1 unspecified atom stereocenters. The lowest BCUT2D eigenvalue weighted by molar-refractivity contribution is -0.385. The molecule has 0 spiro atoms. The van der Waals surface area contributed by atoms with Gasteiger partial charge in [0.2, 0.25) is 0 Å². The van der Waals surface area contributed by atoms with Crippen molar-refractivity contribution in [1.82, 2.24) is 9.80 Å². The molecule has 1 amide bonds. The first kappa shape index (κ1) is 22.2. The molecule has 2 aromatic rings. The van der Waals surface area contributed by atoms with E-state index in [0.29, 0.717) is 17.2 Å². The van der Waals surface area contributed by atoms with E-state index < -0.39 is 14.9 Å². The molecule has 4 rings (SSSR count). The monoisotopic (exact) mass is 458 g/mol. The van der Waals surface area contributed by atoms with Gasteiger partial charge in [-0.25, -0.2) is 8.42 Å². The highest BCUT2D eigenvalue weighted by Crippen LogP contribution is 2.25. The zero-order valence-electron chi connectivity index (χ0n) is 17.9. The highest BCUT2D eigenvalue weighted by molar-refractivity contribution is 7.92. The molecule has 2 aliphatic heterocycles. The Balaban J connectivity index is 1.43. The van der Waals surface area contributed by atoms with Crippen LogP contribution in [0.1, 0.15) is 35.2 Å². The van der Waals surface area contributed by atoms with E-state index in [4.69, 9.17) is 0 Å². The van der Waals surface area contributed by atoms with E-state index in [0.717, 1.165) is 38.7 Å². The number of nitrogens with zero attached hydrogens (tertiary/aromatic N) is 3. The molecular weight excluding hydrogens is 432 g/mol. The molecule has 0 aromatic heterocycles. The maximum Gasteiger partial charge on any atom is 0.273 e. The van der Waals surface area contributed by atoms with Gasteiger partial charge < -0.3 is 4.90 Å². The van der Waals surface area contributed by atoms with Crippen LogP contribution in [0.4, 0.5) is 11.4 Å². The minimum atomic E-state index is -4.01. The smallest absolute Gasteiger partial charge is 0.273 e. The van der Waals surface area contributed by atoms with Gasteiger partial charge >= 0.3 is 0 Å². The topological polar surface area (TPSA) is 113 Å². The highest BCUT2D eigenvalue weighted by atomic mass is 32.2. The second kappa shape index (κ2) is 8.87. The van der Waals surface area contributed by atoms with Crippen molar-refractivity contribution in [2.45, 2.75) is 37.1 Å². The van der Waals surface area contributed by atoms with E-state index in [2.05, 4.69) is 9.62 Å². The van der Waals surface area contributed by atoms with Crippen LogP contribution < -0.4 is 4.72 Å². The SMILES string of the molecule is Cc1ccc(S(=O)(=O)Nc2ccc(C(=O)N3CCC(N4CCCC4)C3)cc2)cc1[N+](=O)[O-]. The minimum absolute atomic E-state index is 0.0599. The summed E-state index contributed by atoms with van der Waals surface area (Å²) in [6.45, 7) is 5.20. The van der Waals surface area contributed by atoms with Gasteiger partial charge in [0.25, 0.3) is 21.6 Å². The van der Waals surface area contributed by atoms with Gasteiger partial charge in [-0.2, -0.15) is 0 Å². The number of carbonyl (C=O) groups excluding carboxylic acids is 1. The number of likely N-dealkylation sites (tertiary alicyclic amines) is 2. The predicted molar refractivity (Wildman–Crippen MR) is 120 cm³/mol. The largest absolute Gasteiger partial charge is 0.337 e. The van der Waals surface area contributed by atoms with Crippen LogP contribution in [0.15, 0.2) is 47.4 Å².